The van der Waals surface area contributed by atoms with E-state index in [2.05, 4.69) is 31.9 Å². The summed E-state index contributed by atoms with van der Waals surface area (Å²) in [5, 5.41) is 1.89. The van der Waals surface area contributed by atoms with Gasteiger partial charge in [-0.2, -0.15) is 3.71 Å². The van der Waals surface area contributed by atoms with Crippen LogP contribution in [0.2, 0.25) is 5.02 Å². The van der Waals surface area contributed by atoms with Crippen LogP contribution in [-0.4, -0.2) is 16.8 Å². The zero-order valence-corrected chi connectivity index (χ0v) is 21.8. The van der Waals surface area contributed by atoms with E-state index in [1.165, 1.54) is 36.4 Å². The monoisotopic (exact) mass is 615 g/mol. The van der Waals surface area contributed by atoms with Crippen LogP contribution < -0.4 is 3.71 Å². The first-order valence-electron chi connectivity index (χ1n) is 9.00. The standard InChI is InChI=1S/C22H16Br2ClNO4S2/c23-19-6-1-4-17(14-19)10-12-31(27,28)26(22-9-3-8-21(25)16-22)32(29,30)13-11-18-5-2-7-20(24)15-18/h1-16H/b12-10+,13-11+. The fourth-order valence-electron chi connectivity index (χ4n) is 2.69. The summed E-state index contributed by atoms with van der Waals surface area (Å²) in [6, 6.07) is 19.5. The molecule has 0 spiro atoms. The Balaban J connectivity index is 2.07. The van der Waals surface area contributed by atoms with Crippen molar-refractivity contribution in [2.75, 3.05) is 3.71 Å². The molecule has 166 valence electrons. The first-order chi connectivity index (χ1) is 15.1. The Morgan fingerprint density at radius 2 is 1.16 bits per heavy atom. The second kappa shape index (κ2) is 10.4. The Morgan fingerprint density at radius 3 is 1.59 bits per heavy atom. The average molecular weight is 618 g/mol. The maximum atomic E-state index is 13.2. The first kappa shape index (κ1) is 24.7. The van der Waals surface area contributed by atoms with E-state index in [1.807, 2.05) is 0 Å². The molecule has 10 heteroatoms. The van der Waals surface area contributed by atoms with Crippen LogP contribution in [0, 0.1) is 0 Å². The molecular weight excluding hydrogens is 602 g/mol. The van der Waals surface area contributed by atoms with Gasteiger partial charge in [-0.15, -0.1) is 0 Å². The number of anilines is 1. The highest BCUT2D eigenvalue weighted by molar-refractivity contribution is 9.10. The van der Waals surface area contributed by atoms with Crippen molar-refractivity contribution in [3.05, 3.63) is 109 Å². The maximum absolute atomic E-state index is 13.2. The van der Waals surface area contributed by atoms with Crippen LogP contribution in [0.4, 0.5) is 5.69 Å². The Kier molecular flexibility index (Phi) is 8.00. The zero-order chi connectivity index (χ0) is 23.4. The molecule has 0 aromatic heterocycles. The van der Waals surface area contributed by atoms with Crippen LogP contribution in [0.3, 0.4) is 0 Å². The van der Waals surface area contributed by atoms with E-state index in [1.54, 1.807) is 48.5 Å². The second-order valence-corrected chi connectivity index (χ2v) is 12.3. The van der Waals surface area contributed by atoms with Crippen LogP contribution >= 0.6 is 43.5 Å². The molecule has 0 N–H and O–H groups in total. The topological polar surface area (TPSA) is 71.5 Å². The number of nitrogens with zero attached hydrogens (tertiary/aromatic N) is 1. The Labute approximate surface area is 209 Å². The largest absolute Gasteiger partial charge is 0.270 e. The highest BCUT2D eigenvalue weighted by Crippen LogP contribution is 2.28. The predicted octanol–water partition coefficient (Wildman–Crippen LogP) is 6.67. The van der Waals surface area contributed by atoms with Gasteiger partial charge in [-0.3, -0.25) is 0 Å². The minimum Gasteiger partial charge on any atom is -0.201 e. The third kappa shape index (κ3) is 6.55. The van der Waals surface area contributed by atoms with Crippen LogP contribution in [0.1, 0.15) is 11.1 Å². The van der Waals surface area contributed by atoms with Gasteiger partial charge < -0.3 is 0 Å². The molecule has 0 saturated carbocycles. The number of halogens is 3. The molecular formula is C22H16Br2ClNO4S2. The number of hydrogen-bond acceptors (Lipinski definition) is 4. The predicted molar refractivity (Wildman–Crippen MR) is 138 cm³/mol. The molecule has 0 unspecified atom stereocenters. The molecule has 0 aliphatic carbocycles. The van der Waals surface area contributed by atoms with Crippen LogP contribution in [0.15, 0.2) is 92.6 Å². The van der Waals surface area contributed by atoms with Crippen molar-refractivity contribution in [3.63, 3.8) is 0 Å². The number of hydrogen-bond donors (Lipinski definition) is 0. The first-order valence-corrected chi connectivity index (χ1v) is 14.0. The molecule has 32 heavy (non-hydrogen) atoms. The molecule has 0 atom stereocenters. The summed E-state index contributed by atoms with van der Waals surface area (Å²) >= 11 is 12.6. The van der Waals surface area contributed by atoms with E-state index in [9.17, 15) is 16.8 Å². The van der Waals surface area contributed by atoms with Gasteiger partial charge in [0.05, 0.1) is 16.5 Å². The highest BCUT2D eigenvalue weighted by Gasteiger charge is 2.31. The van der Waals surface area contributed by atoms with Crippen molar-refractivity contribution in [3.8, 4) is 0 Å². The molecule has 5 nitrogen and oxygen atoms in total. The van der Waals surface area contributed by atoms with E-state index in [-0.39, 0.29) is 10.7 Å². The molecule has 3 rings (SSSR count). The van der Waals surface area contributed by atoms with E-state index in [4.69, 9.17) is 11.6 Å². The molecule has 0 fully saturated rings. The third-order valence-corrected chi connectivity index (χ3v) is 8.82. The summed E-state index contributed by atoms with van der Waals surface area (Å²) in [6.45, 7) is 0. The lowest BCUT2D eigenvalue weighted by Gasteiger charge is -2.20. The molecule has 3 aromatic rings. The minimum atomic E-state index is -4.44. The summed E-state index contributed by atoms with van der Waals surface area (Å²) in [5.41, 5.74) is 1.06. The average Bonchev–Trinajstić information content (AvgIpc) is 2.71. The van der Waals surface area contributed by atoms with Gasteiger partial charge in [-0.05, 0) is 65.7 Å². The van der Waals surface area contributed by atoms with E-state index < -0.39 is 20.0 Å². The Bertz CT molecular complexity index is 1320. The van der Waals surface area contributed by atoms with Crippen LogP contribution in [0.25, 0.3) is 12.2 Å². The van der Waals surface area contributed by atoms with E-state index >= 15 is 0 Å². The van der Waals surface area contributed by atoms with Gasteiger partial charge in [0, 0.05) is 14.0 Å². The Hall–Kier alpha value is -1.91. The van der Waals surface area contributed by atoms with E-state index in [0.29, 0.717) is 14.8 Å². The lowest BCUT2D eigenvalue weighted by Crippen LogP contribution is -2.34. The lowest BCUT2D eigenvalue weighted by atomic mass is 10.2. The van der Waals surface area contributed by atoms with Crippen LogP contribution in [0.5, 0.6) is 0 Å². The minimum absolute atomic E-state index is 0.102. The third-order valence-electron chi connectivity index (χ3n) is 4.04. The second-order valence-electron chi connectivity index (χ2n) is 6.48. The molecule has 0 radical (unpaired) electrons. The SMILES string of the molecule is O=S(=O)(/C=C/c1cccc(Br)c1)N(c1cccc(Cl)c1)S(=O)(=O)/C=C/c1cccc(Br)c1. The van der Waals surface area contributed by atoms with Gasteiger partial charge in [0.25, 0.3) is 20.0 Å². The van der Waals surface area contributed by atoms with Gasteiger partial charge >= 0.3 is 0 Å². The van der Waals surface area contributed by atoms with Crippen molar-refractivity contribution in [1.82, 2.24) is 0 Å². The molecule has 0 aliphatic heterocycles. The molecule has 0 saturated heterocycles. The summed E-state index contributed by atoms with van der Waals surface area (Å²) in [7, 11) is -8.89. The molecule has 0 heterocycles. The van der Waals surface area contributed by atoms with Crippen molar-refractivity contribution >= 4 is 81.3 Å². The molecule has 0 amide bonds. The van der Waals surface area contributed by atoms with Gasteiger partial charge in [0.2, 0.25) is 0 Å². The number of sulfonamides is 2. The van der Waals surface area contributed by atoms with Crippen molar-refractivity contribution in [2.45, 2.75) is 0 Å². The van der Waals surface area contributed by atoms with E-state index in [0.717, 1.165) is 19.8 Å². The number of rotatable bonds is 7. The summed E-state index contributed by atoms with van der Waals surface area (Å²) < 4.78 is 54.6. The summed E-state index contributed by atoms with van der Waals surface area (Å²) in [5.74, 6) is 0. The van der Waals surface area contributed by atoms with Crippen molar-refractivity contribution in [2.24, 2.45) is 0 Å². The van der Waals surface area contributed by atoms with Gasteiger partial charge in [0.1, 0.15) is 0 Å². The number of benzene rings is 3. The molecule has 0 aliphatic rings. The van der Waals surface area contributed by atoms with Crippen LogP contribution in [-0.2, 0) is 20.0 Å². The summed E-state index contributed by atoms with van der Waals surface area (Å²) in [4.78, 5) is 0. The fraction of sp³-hybridized carbons (Fsp3) is 0. The Morgan fingerprint density at radius 1 is 0.688 bits per heavy atom. The smallest absolute Gasteiger partial charge is 0.201 e. The zero-order valence-electron chi connectivity index (χ0n) is 16.3. The van der Waals surface area contributed by atoms with Gasteiger partial charge in [-0.25, -0.2) is 16.8 Å². The quantitative estimate of drug-likeness (QED) is 0.297. The molecule has 3 aromatic carbocycles. The van der Waals surface area contributed by atoms with Gasteiger partial charge in [-0.1, -0.05) is 73.8 Å². The van der Waals surface area contributed by atoms with Crippen molar-refractivity contribution < 1.29 is 16.8 Å². The normalized spacial score (nSPS) is 12.5. The van der Waals surface area contributed by atoms with Gasteiger partial charge in [0.15, 0.2) is 0 Å². The fourth-order valence-corrected chi connectivity index (χ4v) is 6.86. The summed E-state index contributed by atoms with van der Waals surface area (Å²) in [6.07, 6.45) is 2.65. The van der Waals surface area contributed by atoms with Crippen molar-refractivity contribution in [1.29, 1.82) is 0 Å². The maximum Gasteiger partial charge on any atom is 0.270 e. The molecule has 0 bridgehead atoms. The highest BCUT2D eigenvalue weighted by atomic mass is 79.9. The lowest BCUT2D eigenvalue weighted by molar-refractivity contribution is 0.594.